The second-order valence-corrected chi connectivity index (χ2v) is 12.0. The largest absolute Gasteiger partial charge is 0.481 e. The van der Waals surface area contributed by atoms with E-state index in [1.54, 1.807) is 12.1 Å². The van der Waals surface area contributed by atoms with Gasteiger partial charge in [-0.1, -0.05) is 26.8 Å². The van der Waals surface area contributed by atoms with Gasteiger partial charge in [0, 0.05) is 72.4 Å². The van der Waals surface area contributed by atoms with Crippen molar-refractivity contribution in [3.8, 4) is 6.07 Å². The molecule has 220 valence electrons. The molecule has 1 aliphatic carbocycles. The molecule has 10 nitrogen and oxygen atoms in total. The first-order chi connectivity index (χ1) is 19.9. The zero-order chi connectivity index (χ0) is 30.4. The van der Waals surface area contributed by atoms with Gasteiger partial charge in [-0.05, 0) is 48.2 Å². The molecule has 5 rings (SSSR count). The number of nitrogens with one attached hydrogen (secondary N) is 1. The van der Waals surface area contributed by atoms with Crippen LogP contribution in [0.25, 0.3) is 10.9 Å². The number of aromatic amines is 1. The van der Waals surface area contributed by atoms with Gasteiger partial charge in [-0.3, -0.25) is 19.3 Å². The summed E-state index contributed by atoms with van der Waals surface area (Å²) in [6, 6.07) is 11.7. The molecule has 2 heterocycles. The number of H-pyrrole nitrogens is 1. The van der Waals surface area contributed by atoms with Crippen molar-refractivity contribution >= 4 is 34.3 Å². The van der Waals surface area contributed by atoms with Crippen LogP contribution in [0.3, 0.4) is 0 Å². The minimum absolute atomic E-state index is 0.0274. The first-order valence-electron chi connectivity index (χ1n) is 14.3. The lowest BCUT2D eigenvalue weighted by molar-refractivity contribution is -0.146. The quantitative estimate of drug-likeness (QED) is 0.300. The van der Waals surface area contributed by atoms with Crippen LogP contribution in [-0.2, 0) is 21.4 Å². The van der Waals surface area contributed by atoms with Crippen molar-refractivity contribution in [3.05, 3.63) is 63.8 Å². The zero-order valence-corrected chi connectivity index (χ0v) is 24.2. The molecule has 1 aromatic heterocycles. The number of carboxylic acid groups (broad SMARTS) is 2. The van der Waals surface area contributed by atoms with Crippen LogP contribution in [0, 0.1) is 11.3 Å². The molecule has 1 unspecified atom stereocenters. The fourth-order valence-corrected chi connectivity index (χ4v) is 6.56. The Labute approximate surface area is 244 Å². The molecule has 0 radical (unpaired) electrons. The summed E-state index contributed by atoms with van der Waals surface area (Å²) >= 11 is 0. The molecular weight excluding hydrogens is 536 g/mol. The van der Waals surface area contributed by atoms with E-state index in [-0.39, 0.29) is 25.2 Å². The fraction of sp³-hybridized carbons (Fsp3) is 0.438. The first kappa shape index (κ1) is 29.3. The van der Waals surface area contributed by atoms with Gasteiger partial charge < -0.3 is 25.2 Å². The number of nitrogens with zero attached hydrogens (tertiary/aromatic N) is 3. The van der Waals surface area contributed by atoms with Gasteiger partial charge >= 0.3 is 11.9 Å². The van der Waals surface area contributed by atoms with Gasteiger partial charge in [-0.2, -0.15) is 5.26 Å². The van der Waals surface area contributed by atoms with Crippen molar-refractivity contribution in [2.45, 2.75) is 57.5 Å². The molecule has 0 saturated carbocycles. The number of piperazine rings is 1. The van der Waals surface area contributed by atoms with E-state index in [4.69, 9.17) is 5.11 Å². The Balaban J connectivity index is 1.42. The molecule has 2 aliphatic rings. The third kappa shape index (κ3) is 5.26. The first-order valence-corrected chi connectivity index (χ1v) is 14.3. The number of carbonyl (C=O) groups excluding carboxylic acids is 1. The third-order valence-electron chi connectivity index (χ3n) is 8.81. The molecule has 2 aromatic carbocycles. The van der Waals surface area contributed by atoms with E-state index in [2.05, 4.69) is 42.8 Å². The molecule has 10 heteroatoms. The van der Waals surface area contributed by atoms with Crippen LogP contribution in [-0.4, -0.2) is 81.3 Å². The van der Waals surface area contributed by atoms with Crippen LogP contribution in [0.4, 0.5) is 5.69 Å². The summed E-state index contributed by atoms with van der Waals surface area (Å²) in [6.45, 7) is 8.78. The topological polar surface area (TPSA) is 158 Å². The molecule has 1 fully saturated rings. The molecule has 3 aromatic rings. The van der Waals surface area contributed by atoms with Crippen molar-refractivity contribution in [1.82, 2.24) is 9.88 Å². The highest BCUT2D eigenvalue weighted by Gasteiger charge is 2.41. The Bertz CT molecular complexity index is 1630. The number of β-amino-alcohol motifs (C(OH)–C–C–N with tert-alkyl or cyclic N) is 1. The average Bonchev–Trinajstić information content (AvgIpc) is 3.34. The Kier molecular flexibility index (Phi) is 7.60. The van der Waals surface area contributed by atoms with Crippen molar-refractivity contribution < 1.29 is 29.7 Å². The zero-order valence-electron chi connectivity index (χ0n) is 24.2. The van der Waals surface area contributed by atoms with Crippen LogP contribution in [0.15, 0.2) is 30.3 Å². The Morgan fingerprint density at radius 3 is 2.43 bits per heavy atom. The predicted molar refractivity (Wildman–Crippen MR) is 157 cm³/mol. The van der Waals surface area contributed by atoms with Gasteiger partial charge in [-0.15, -0.1) is 0 Å². The number of aliphatic carboxylic acids is 2. The predicted octanol–water partition coefficient (Wildman–Crippen LogP) is 3.66. The number of carbonyl (C=O) groups is 3. The number of hydrogen-bond donors (Lipinski definition) is 4. The summed E-state index contributed by atoms with van der Waals surface area (Å²) in [5, 5.41) is 39.5. The Hall–Kier alpha value is -4.20. The smallest absolute Gasteiger partial charge is 0.306 e. The van der Waals surface area contributed by atoms with Gasteiger partial charge in [0.1, 0.15) is 0 Å². The van der Waals surface area contributed by atoms with E-state index in [9.17, 15) is 29.9 Å². The average molecular weight is 573 g/mol. The number of aryl methyl sites for hydroxylation is 1. The van der Waals surface area contributed by atoms with Crippen LogP contribution < -0.4 is 4.90 Å². The molecule has 1 atom stereocenters. The molecule has 0 amide bonds. The van der Waals surface area contributed by atoms with Gasteiger partial charge in [0.05, 0.1) is 29.2 Å². The second-order valence-electron chi connectivity index (χ2n) is 12.0. The lowest BCUT2D eigenvalue weighted by atomic mass is 9.70. The Morgan fingerprint density at radius 2 is 1.81 bits per heavy atom. The van der Waals surface area contributed by atoms with Gasteiger partial charge in [0.25, 0.3) is 0 Å². The lowest BCUT2D eigenvalue weighted by Gasteiger charge is -2.41. The number of fused-ring (bicyclic) bond motifs is 4. The molecule has 1 saturated heterocycles. The van der Waals surface area contributed by atoms with Gasteiger partial charge in [0.15, 0.2) is 5.78 Å². The standard InChI is InChI=1S/C32H36N4O6/c1-4-20-14-22-23(31(2,3)30-28(29(22)41)21-6-5-19(17-33)13-24(21)34-30)15-25(20)36-11-9-35(10-12-36)18-32(42,16-27(39)40)8-7-26(37)38/h5-6,13-15,34,42H,4,7-12,16,18H2,1-3H3,(H,37,38)(H,39,40). The summed E-state index contributed by atoms with van der Waals surface area (Å²) in [5.74, 6) is -2.26. The highest BCUT2D eigenvalue weighted by molar-refractivity contribution is 6.20. The fourth-order valence-electron chi connectivity index (χ4n) is 6.56. The number of anilines is 1. The minimum atomic E-state index is -1.62. The van der Waals surface area contributed by atoms with Crippen molar-refractivity contribution in [2.75, 3.05) is 37.6 Å². The van der Waals surface area contributed by atoms with Crippen molar-refractivity contribution in [1.29, 1.82) is 5.26 Å². The third-order valence-corrected chi connectivity index (χ3v) is 8.81. The molecular formula is C32H36N4O6. The van der Waals surface area contributed by atoms with E-state index in [1.807, 2.05) is 17.0 Å². The van der Waals surface area contributed by atoms with Crippen LogP contribution in [0.2, 0.25) is 0 Å². The van der Waals surface area contributed by atoms with Gasteiger partial charge in [0.2, 0.25) is 0 Å². The van der Waals surface area contributed by atoms with E-state index >= 15 is 0 Å². The van der Waals surface area contributed by atoms with Crippen LogP contribution in [0.5, 0.6) is 0 Å². The molecule has 0 spiro atoms. The molecule has 1 aliphatic heterocycles. The van der Waals surface area contributed by atoms with E-state index in [0.29, 0.717) is 42.9 Å². The maximum Gasteiger partial charge on any atom is 0.306 e. The van der Waals surface area contributed by atoms with Crippen LogP contribution >= 0.6 is 0 Å². The number of benzene rings is 2. The lowest BCUT2D eigenvalue weighted by Crippen LogP contribution is -2.53. The number of aromatic nitrogens is 1. The highest BCUT2D eigenvalue weighted by atomic mass is 16.4. The number of rotatable bonds is 9. The minimum Gasteiger partial charge on any atom is -0.481 e. The normalized spacial score (nSPS) is 17.8. The van der Waals surface area contributed by atoms with Gasteiger partial charge in [-0.25, -0.2) is 0 Å². The number of nitriles is 1. The summed E-state index contributed by atoms with van der Waals surface area (Å²) in [7, 11) is 0. The van der Waals surface area contributed by atoms with E-state index in [0.717, 1.165) is 39.8 Å². The maximum atomic E-state index is 13.9. The summed E-state index contributed by atoms with van der Waals surface area (Å²) < 4.78 is 0. The number of carboxylic acids is 2. The van der Waals surface area contributed by atoms with E-state index < -0.39 is 29.4 Å². The second kappa shape index (κ2) is 10.9. The van der Waals surface area contributed by atoms with Crippen molar-refractivity contribution in [2.24, 2.45) is 0 Å². The molecule has 4 N–H and O–H groups in total. The Morgan fingerprint density at radius 1 is 1.10 bits per heavy atom. The number of aliphatic hydroxyl groups is 1. The highest BCUT2D eigenvalue weighted by Crippen LogP contribution is 2.46. The van der Waals surface area contributed by atoms with Crippen LogP contribution in [0.1, 0.15) is 78.3 Å². The molecule has 42 heavy (non-hydrogen) atoms. The summed E-state index contributed by atoms with van der Waals surface area (Å²) in [4.78, 5) is 44.1. The summed E-state index contributed by atoms with van der Waals surface area (Å²) in [6.07, 6.45) is -0.209. The molecule has 0 bridgehead atoms. The van der Waals surface area contributed by atoms with Crippen molar-refractivity contribution in [3.63, 3.8) is 0 Å². The maximum absolute atomic E-state index is 13.9. The number of hydrogen-bond acceptors (Lipinski definition) is 7. The monoisotopic (exact) mass is 572 g/mol. The SMILES string of the molecule is CCc1cc2c(cc1N1CCN(CC(O)(CCC(=O)O)CC(=O)O)CC1)C(C)(C)c1[nH]c3cc(C#N)ccc3c1C2=O. The summed E-state index contributed by atoms with van der Waals surface area (Å²) in [5.41, 5.74) is 4.41. The number of ketones is 1. The van der Waals surface area contributed by atoms with E-state index in [1.165, 1.54) is 0 Å².